The van der Waals surface area contributed by atoms with Crippen LogP contribution in [-0.2, 0) is 4.79 Å². The van der Waals surface area contributed by atoms with Crippen LogP contribution >= 0.6 is 0 Å². The number of carbonyl (C=O) groups is 1. The Bertz CT molecular complexity index is 460. The van der Waals surface area contributed by atoms with Gasteiger partial charge < -0.3 is 11.1 Å². The summed E-state index contributed by atoms with van der Waals surface area (Å²) in [4.78, 5) is 12.3. The van der Waals surface area contributed by atoms with Crippen LogP contribution in [0.1, 0.15) is 49.7 Å². The molecular weight excluding hydrogens is 236 g/mol. The van der Waals surface area contributed by atoms with Crippen LogP contribution in [0, 0.1) is 19.8 Å². The number of aryl methyl sites for hydroxylation is 2. The molecule has 1 aromatic rings. The van der Waals surface area contributed by atoms with Crippen LogP contribution in [0.2, 0.25) is 0 Å². The van der Waals surface area contributed by atoms with Crippen LogP contribution < -0.4 is 11.1 Å². The zero-order valence-corrected chi connectivity index (χ0v) is 12.0. The molecule has 1 aliphatic rings. The molecule has 1 aromatic carbocycles. The fraction of sp³-hybridized carbons (Fsp3) is 0.562. The highest BCUT2D eigenvalue weighted by Crippen LogP contribution is 2.26. The van der Waals surface area contributed by atoms with Crippen molar-refractivity contribution < 1.29 is 4.79 Å². The summed E-state index contributed by atoms with van der Waals surface area (Å²) in [5.74, 6) is 0.355. The van der Waals surface area contributed by atoms with E-state index in [2.05, 4.69) is 5.32 Å². The van der Waals surface area contributed by atoms with Gasteiger partial charge in [-0.05, 0) is 49.9 Å². The van der Waals surface area contributed by atoms with Gasteiger partial charge in [-0.25, -0.2) is 0 Å². The Kier molecular flexibility index (Phi) is 4.46. The summed E-state index contributed by atoms with van der Waals surface area (Å²) in [7, 11) is 0. The lowest BCUT2D eigenvalue weighted by atomic mass is 9.99. The van der Waals surface area contributed by atoms with Gasteiger partial charge in [-0.3, -0.25) is 4.79 Å². The number of carbonyl (C=O) groups excluding carboxylic acids is 1. The van der Waals surface area contributed by atoms with Gasteiger partial charge in [0.05, 0.1) is 0 Å². The summed E-state index contributed by atoms with van der Waals surface area (Å²) < 4.78 is 0. The molecule has 0 bridgehead atoms. The zero-order chi connectivity index (χ0) is 13.8. The third-order valence-corrected chi connectivity index (χ3v) is 4.10. The SMILES string of the molecule is Cc1cc(NC(=O)C2CCCCCC2)c(C)cc1N. The van der Waals surface area contributed by atoms with Crippen LogP contribution in [0.15, 0.2) is 12.1 Å². The second-order valence-corrected chi connectivity index (χ2v) is 5.70. The number of anilines is 2. The van der Waals surface area contributed by atoms with Crippen molar-refractivity contribution in [3.8, 4) is 0 Å². The van der Waals surface area contributed by atoms with Gasteiger partial charge in [0.25, 0.3) is 0 Å². The maximum absolute atomic E-state index is 12.3. The Morgan fingerprint density at radius 1 is 1.11 bits per heavy atom. The Balaban J connectivity index is 2.07. The topological polar surface area (TPSA) is 55.1 Å². The van der Waals surface area contributed by atoms with Gasteiger partial charge in [0, 0.05) is 17.3 Å². The van der Waals surface area contributed by atoms with Crippen LogP contribution in [0.5, 0.6) is 0 Å². The predicted octanol–water partition coefficient (Wildman–Crippen LogP) is 3.79. The number of nitrogens with two attached hydrogens (primary N) is 1. The van der Waals surface area contributed by atoms with Gasteiger partial charge in [-0.15, -0.1) is 0 Å². The first-order chi connectivity index (χ1) is 9.08. The minimum atomic E-state index is 0.175. The van der Waals surface area contributed by atoms with Gasteiger partial charge in [-0.2, -0.15) is 0 Å². The summed E-state index contributed by atoms with van der Waals surface area (Å²) in [6, 6.07) is 3.90. The molecule has 1 fully saturated rings. The van der Waals surface area contributed by atoms with E-state index >= 15 is 0 Å². The molecule has 3 heteroatoms. The molecule has 3 N–H and O–H groups in total. The Labute approximate surface area is 115 Å². The fourth-order valence-electron chi connectivity index (χ4n) is 2.75. The molecule has 3 nitrogen and oxygen atoms in total. The average molecular weight is 260 g/mol. The molecule has 1 amide bonds. The second kappa shape index (κ2) is 6.09. The minimum Gasteiger partial charge on any atom is -0.399 e. The summed E-state index contributed by atoms with van der Waals surface area (Å²) in [6.07, 6.45) is 6.95. The monoisotopic (exact) mass is 260 g/mol. The standard InChI is InChI=1S/C16H24N2O/c1-11-10-15(12(2)9-14(11)17)18-16(19)13-7-5-3-4-6-8-13/h9-10,13H,3-8,17H2,1-2H3,(H,18,19). The lowest BCUT2D eigenvalue weighted by molar-refractivity contribution is -0.120. The van der Waals surface area contributed by atoms with E-state index in [1.54, 1.807) is 0 Å². The molecule has 19 heavy (non-hydrogen) atoms. The molecule has 0 radical (unpaired) electrons. The van der Waals surface area contributed by atoms with Crippen molar-refractivity contribution in [1.29, 1.82) is 0 Å². The largest absolute Gasteiger partial charge is 0.399 e. The maximum Gasteiger partial charge on any atom is 0.227 e. The molecule has 104 valence electrons. The summed E-state index contributed by atoms with van der Waals surface area (Å²) >= 11 is 0. The highest BCUT2D eigenvalue weighted by atomic mass is 16.1. The highest BCUT2D eigenvalue weighted by molar-refractivity contribution is 5.93. The van der Waals surface area contributed by atoms with E-state index in [9.17, 15) is 4.79 Å². The van der Waals surface area contributed by atoms with E-state index in [1.165, 1.54) is 25.7 Å². The quantitative estimate of drug-likeness (QED) is 0.628. The van der Waals surface area contributed by atoms with Crippen molar-refractivity contribution in [2.45, 2.75) is 52.4 Å². The molecule has 1 aliphatic carbocycles. The van der Waals surface area contributed by atoms with E-state index in [4.69, 9.17) is 5.73 Å². The summed E-state index contributed by atoms with van der Waals surface area (Å²) in [5, 5.41) is 3.08. The molecule has 0 unspecified atom stereocenters. The molecular formula is C16H24N2O. The van der Waals surface area contributed by atoms with E-state index in [-0.39, 0.29) is 11.8 Å². The van der Waals surface area contributed by atoms with Crippen LogP contribution in [-0.4, -0.2) is 5.91 Å². The average Bonchev–Trinajstić information content (AvgIpc) is 2.64. The molecule has 0 aliphatic heterocycles. The molecule has 0 heterocycles. The fourth-order valence-corrected chi connectivity index (χ4v) is 2.75. The number of benzene rings is 1. The predicted molar refractivity (Wildman–Crippen MR) is 80.2 cm³/mol. The van der Waals surface area contributed by atoms with Gasteiger partial charge in [0.2, 0.25) is 5.91 Å². The van der Waals surface area contributed by atoms with Gasteiger partial charge in [0.1, 0.15) is 0 Å². The number of hydrogen-bond acceptors (Lipinski definition) is 2. The van der Waals surface area contributed by atoms with Gasteiger partial charge >= 0.3 is 0 Å². The number of rotatable bonds is 2. The lowest BCUT2D eigenvalue weighted by Crippen LogP contribution is -2.22. The van der Waals surface area contributed by atoms with Crippen LogP contribution in [0.25, 0.3) is 0 Å². The van der Waals surface area contributed by atoms with Gasteiger partial charge in [0.15, 0.2) is 0 Å². The third kappa shape index (κ3) is 3.49. The van der Waals surface area contributed by atoms with Crippen molar-refractivity contribution in [1.82, 2.24) is 0 Å². The molecule has 0 saturated heterocycles. The van der Waals surface area contributed by atoms with Crippen molar-refractivity contribution in [2.24, 2.45) is 5.92 Å². The molecule has 0 aromatic heterocycles. The highest BCUT2D eigenvalue weighted by Gasteiger charge is 2.20. The number of hydrogen-bond donors (Lipinski definition) is 2. The van der Waals surface area contributed by atoms with Crippen molar-refractivity contribution in [2.75, 3.05) is 11.1 Å². The maximum atomic E-state index is 12.3. The Morgan fingerprint density at radius 3 is 2.37 bits per heavy atom. The van der Waals surface area contributed by atoms with E-state index in [0.717, 1.165) is 35.3 Å². The first-order valence-corrected chi connectivity index (χ1v) is 7.25. The van der Waals surface area contributed by atoms with E-state index in [0.29, 0.717) is 0 Å². The minimum absolute atomic E-state index is 0.175. The first-order valence-electron chi connectivity index (χ1n) is 7.25. The number of nitrogen functional groups attached to an aromatic ring is 1. The van der Waals surface area contributed by atoms with E-state index < -0.39 is 0 Å². The van der Waals surface area contributed by atoms with Gasteiger partial charge in [-0.1, -0.05) is 25.7 Å². The molecule has 0 spiro atoms. The van der Waals surface area contributed by atoms with Crippen molar-refractivity contribution in [3.05, 3.63) is 23.3 Å². The van der Waals surface area contributed by atoms with Crippen molar-refractivity contribution in [3.63, 3.8) is 0 Å². The Morgan fingerprint density at radius 2 is 1.74 bits per heavy atom. The smallest absolute Gasteiger partial charge is 0.227 e. The van der Waals surface area contributed by atoms with Crippen LogP contribution in [0.3, 0.4) is 0 Å². The summed E-state index contributed by atoms with van der Waals surface area (Å²) in [6.45, 7) is 3.95. The molecule has 1 saturated carbocycles. The zero-order valence-electron chi connectivity index (χ0n) is 12.0. The molecule has 0 atom stereocenters. The first kappa shape index (κ1) is 13.9. The van der Waals surface area contributed by atoms with E-state index in [1.807, 2.05) is 26.0 Å². The normalized spacial score (nSPS) is 16.9. The summed E-state index contributed by atoms with van der Waals surface area (Å²) in [5.41, 5.74) is 9.61. The van der Waals surface area contributed by atoms with Crippen molar-refractivity contribution >= 4 is 17.3 Å². The number of nitrogens with one attached hydrogen (secondary N) is 1. The van der Waals surface area contributed by atoms with Crippen LogP contribution in [0.4, 0.5) is 11.4 Å². The Hall–Kier alpha value is -1.51. The third-order valence-electron chi connectivity index (χ3n) is 4.10. The molecule has 2 rings (SSSR count). The lowest BCUT2D eigenvalue weighted by Gasteiger charge is -2.16. The second-order valence-electron chi connectivity index (χ2n) is 5.70. The number of amides is 1.